The van der Waals surface area contributed by atoms with E-state index in [1.54, 1.807) is 85.8 Å². The highest BCUT2D eigenvalue weighted by Crippen LogP contribution is 2.25. The Kier molecular flexibility index (Phi) is 9.65. The average molecular weight is 573 g/mol. The van der Waals surface area contributed by atoms with Crippen molar-refractivity contribution in [3.8, 4) is 11.5 Å². The molecule has 0 aliphatic heterocycles. The lowest BCUT2D eigenvalue weighted by molar-refractivity contribution is -0.132. The van der Waals surface area contributed by atoms with Crippen LogP contribution in [-0.2, 0) is 26.0 Å². The number of benzene rings is 4. The second kappa shape index (κ2) is 13.5. The number of rotatable bonds is 11. The molecule has 0 aliphatic rings. The number of carbonyl (C=O) groups excluding carboxylic acids is 2. The molecule has 0 radical (unpaired) electrons. The lowest BCUT2D eigenvalue weighted by Gasteiger charge is -2.26. The summed E-state index contributed by atoms with van der Waals surface area (Å²) in [7, 11) is -4.21. The van der Waals surface area contributed by atoms with Crippen molar-refractivity contribution in [2.24, 2.45) is 5.92 Å². The van der Waals surface area contributed by atoms with Gasteiger partial charge < -0.3 is 9.64 Å². The molecule has 4 aromatic rings. The summed E-state index contributed by atoms with van der Waals surface area (Å²) in [5, 5.41) is 0.897. The quantitative estimate of drug-likeness (QED) is 0.224. The Labute approximate surface area is 239 Å². The van der Waals surface area contributed by atoms with Gasteiger partial charge in [0.15, 0.2) is 0 Å². The number of anilines is 1. The van der Waals surface area contributed by atoms with E-state index in [2.05, 4.69) is 4.72 Å². The summed E-state index contributed by atoms with van der Waals surface area (Å²) in [6.07, 6.45) is 1.28. The fraction of sp³-hybridized carbons (Fsp3) is 0.125. The molecule has 0 aromatic heterocycles. The molecule has 0 fully saturated rings. The van der Waals surface area contributed by atoms with Gasteiger partial charge in [-0.15, -0.1) is 0 Å². The first-order chi connectivity index (χ1) is 19.7. The molecule has 41 heavy (non-hydrogen) atoms. The molecule has 0 saturated carbocycles. The minimum atomic E-state index is -4.21. The largest absolute Gasteiger partial charge is 0.457 e. The second-order valence-electron chi connectivity index (χ2n) is 9.10. The highest BCUT2D eigenvalue weighted by atomic mass is 32.2. The van der Waals surface area contributed by atoms with Crippen molar-refractivity contribution in [1.82, 2.24) is 4.72 Å². The standard InChI is InChI=1S/C32H29FN2O5S/c1-2-35(27-13-7-4-8-14-27)32(37)30(31(36)34-41(38,39)21-20-24-10-5-3-6-11-24)23-25-12-9-15-29(22-25)40-28-18-16-26(33)17-19-28/h3-22,30H,2,23H2,1H3,(H,34,36). The van der Waals surface area contributed by atoms with E-state index in [9.17, 15) is 22.4 Å². The third kappa shape index (κ3) is 8.36. The fourth-order valence-electron chi connectivity index (χ4n) is 4.14. The van der Waals surface area contributed by atoms with Gasteiger partial charge in [0.1, 0.15) is 23.2 Å². The van der Waals surface area contributed by atoms with Crippen molar-refractivity contribution in [2.45, 2.75) is 13.3 Å². The average Bonchev–Trinajstić information content (AvgIpc) is 2.97. The van der Waals surface area contributed by atoms with Crippen LogP contribution in [0.25, 0.3) is 6.08 Å². The molecule has 4 aromatic carbocycles. The van der Waals surface area contributed by atoms with E-state index in [1.807, 2.05) is 6.07 Å². The van der Waals surface area contributed by atoms with Crippen LogP contribution < -0.4 is 14.4 Å². The van der Waals surface area contributed by atoms with Crippen LogP contribution in [0, 0.1) is 11.7 Å². The maximum absolute atomic E-state index is 13.8. The fourth-order valence-corrected chi connectivity index (χ4v) is 4.97. The molecule has 9 heteroatoms. The van der Waals surface area contributed by atoms with Gasteiger partial charge >= 0.3 is 0 Å². The van der Waals surface area contributed by atoms with Crippen LogP contribution in [0.5, 0.6) is 11.5 Å². The SMILES string of the molecule is CCN(C(=O)C(Cc1cccc(Oc2ccc(F)cc2)c1)C(=O)NS(=O)(=O)C=Cc1ccccc1)c1ccccc1. The molecule has 1 unspecified atom stereocenters. The van der Waals surface area contributed by atoms with Gasteiger partial charge in [0, 0.05) is 12.2 Å². The minimum Gasteiger partial charge on any atom is -0.457 e. The zero-order valence-corrected chi connectivity index (χ0v) is 23.1. The number of amides is 2. The number of halogens is 1. The highest BCUT2D eigenvalue weighted by Gasteiger charge is 2.33. The number of para-hydroxylation sites is 1. The summed E-state index contributed by atoms with van der Waals surface area (Å²) >= 11 is 0. The van der Waals surface area contributed by atoms with Crippen LogP contribution in [0.1, 0.15) is 18.1 Å². The van der Waals surface area contributed by atoms with E-state index in [4.69, 9.17) is 4.74 Å². The summed E-state index contributed by atoms with van der Waals surface area (Å²) in [6.45, 7) is 2.04. The molecule has 0 spiro atoms. The number of ether oxygens (including phenoxy) is 1. The molecule has 2 amide bonds. The van der Waals surface area contributed by atoms with Gasteiger partial charge in [0.25, 0.3) is 10.0 Å². The zero-order valence-electron chi connectivity index (χ0n) is 22.3. The molecular weight excluding hydrogens is 543 g/mol. The Morgan fingerprint density at radius 2 is 1.54 bits per heavy atom. The summed E-state index contributed by atoms with van der Waals surface area (Å²) in [4.78, 5) is 28.7. The van der Waals surface area contributed by atoms with Gasteiger partial charge in [-0.25, -0.2) is 17.5 Å². The number of nitrogens with zero attached hydrogens (tertiary/aromatic N) is 1. The van der Waals surface area contributed by atoms with Crippen LogP contribution in [0.4, 0.5) is 10.1 Å². The van der Waals surface area contributed by atoms with E-state index in [0.717, 1.165) is 5.41 Å². The maximum Gasteiger partial charge on any atom is 0.257 e. The van der Waals surface area contributed by atoms with Gasteiger partial charge in [-0.2, -0.15) is 0 Å². The molecular formula is C32H29FN2O5S. The molecule has 1 N–H and O–H groups in total. The monoisotopic (exact) mass is 572 g/mol. The summed E-state index contributed by atoms with van der Waals surface area (Å²) < 4.78 is 46.7. The number of nitrogens with one attached hydrogen (secondary N) is 1. The third-order valence-electron chi connectivity index (χ3n) is 6.13. The Morgan fingerprint density at radius 1 is 0.878 bits per heavy atom. The number of carbonyl (C=O) groups is 2. The zero-order chi connectivity index (χ0) is 29.2. The first-order valence-corrected chi connectivity index (χ1v) is 14.5. The maximum atomic E-state index is 13.8. The number of hydrogen-bond acceptors (Lipinski definition) is 5. The Balaban J connectivity index is 1.60. The Morgan fingerprint density at radius 3 is 2.20 bits per heavy atom. The lowest BCUT2D eigenvalue weighted by atomic mass is 9.96. The molecule has 0 bridgehead atoms. The van der Waals surface area contributed by atoms with Crippen molar-refractivity contribution in [3.63, 3.8) is 0 Å². The molecule has 1 atom stereocenters. The topological polar surface area (TPSA) is 92.8 Å². The molecule has 0 saturated heterocycles. The van der Waals surface area contributed by atoms with Gasteiger partial charge in [-0.1, -0.05) is 60.7 Å². The van der Waals surface area contributed by atoms with E-state index in [1.165, 1.54) is 35.2 Å². The van der Waals surface area contributed by atoms with Crippen molar-refractivity contribution < 1.29 is 27.1 Å². The van der Waals surface area contributed by atoms with Crippen LogP contribution in [0.15, 0.2) is 115 Å². The number of sulfonamides is 1. The summed E-state index contributed by atoms with van der Waals surface area (Å²) in [6, 6.07) is 29.9. The van der Waals surface area contributed by atoms with E-state index in [-0.39, 0.29) is 13.0 Å². The van der Waals surface area contributed by atoms with Crippen molar-refractivity contribution in [3.05, 3.63) is 132 Å². The van der Waals surface area contributed by atoms with Crippen LogP contribution in [0.3, 0.4) is 0 Å². The van der Waals surface area contributed by atoms with Crippen LogP contribution >= 0.6 is 0 Å². The molecule has 0 heterocycles. The molecule has 4 rings (SSSR count). The van der Waals surface area contributed by atoms with E-state index >= 15 is 0 Å². The van der Waals surface area contributed by atoms with Gasteiger partial charge in [-0.3, -0.25) is 9.59 Å². The normalized spacial score (nSPS) is 12.0. The summed E-state index contributed by atoms with van der Waals surface area (Å²) in [5.41, 5.74) is 1.79. The lowest BCUT2D eigenvalue weighted by Crippen LogP contribution is -2.46. The van der Waals surface area contributed by atoms with E-state index < -0.39 is 33.6 Å². The molecule has 7 nitrogen and oxygen atoms in total. The van der Waals surface area contributed by atoms with Gasteiger partial charge in [0.05, 0.1) is 5.41 Å². The van der Waals surface area contributed by atoms with Crippen LogP contribution in [-0.4, -0.2) is 26.8 Å². The highest BCUT2D eigenvalue weighted by molar-refractivity contribution is 7.93. The Bertz CT molecular complexity index is 1610. The predicted molar refractivity (Wildman–Crippen MR) is 157 cm³/mol. The molecule has 210 valence electrons. The first kappa shape index (κ1) is 29.2. The minimum absolute atomic E-state index is 0.0907. The first-order valence-electron chi connectivity index (χ1n) is 12.9. The predicted octanol–water partition coefficient (Wildman–Crippen LogP) is 5.95. The van der Waals surface area contributed by atoms with Gasteiger partial charge in [-0.05, 0) is 79.1 Å². The third-order valence-corrected chi connectivity index (χ3v) is 7.11. The van der Waals surface area contributed by atoms with Crippen molar-refractivity contribution in [1.29, 1.82) is 0 Å². The Hall–Kier alpha value is -4.76. The smallest absolute Gasteiger partial charge is 0.257 e. The van der Waals surface area contributed by atoms with Crippen LogP contribution in [0.2, 0.25) is 0 Å². The van der Waals surface area contributed by atoms with Crippen molar-refractivity contribution in [2.75, 3.05) is 11.4 Å². The van der Waals surface area contributed by atoms with E-state index in [0.29, 0.717) is 28.3 Å². The van der Waals surface area contributed by atoms with Crippen molar-refractivity contribution >= 4 is 33.6 Å². The van der Waals surface area contributed by atoms with Gasteiger partial charge in [0.2, 0.25) is 11.8 Å². The molecule has 0 aliphatic carbocycles. The number of hydrogen-bond donors (Lipinski definition) is 1. The second-order valence-corrected chi connectivity index (χ2v) is 10.7. The summed E-state index contributed by atoms with van der Waals surface area (Å²) in [5.74, 6) is -2.45.